The van der Waals surface area contributed by atoms with E-state index in [1.54, 1.807) is 30.3 Å². The monoisotopic (exact) mass is 348 g/mol. The number of anilines is 3. The molecule has 0 saturated heterocycles. The number of nitrogens with two attached hydrogens (primary N) is 1. The average Bonchev–Trinajstić information content (AvgIpc) is 2.44. The van der Waals surface area contributed by atoms with Crippen LogP contribution >= 0.6 is 15.9 Å². The molecule has 0 radical (unpaired) electrons. The molecule has 1 aromatic heterocycles. The van der Waals surface area contributed by atoms with E-state index in [0.717, 1.165) is 0 Å². The van der Waals surface area contributed by atoms with Crippen LogP contribution in [0.4, 0.5) is 21.7 Å². The molecule has 0 aliphatic carbocycles. The van der Waals surface area contributed by atoms with Crippen LogP contribution in [0.2, 0.25) is 0 Å². The van der Waals surface area contributed by atoms with E-state index in [-0.39, 0.29) is 17.3 Å². The standard InChI is InChI=1S/C14H10BrFN4O/c15-10-6-8(2-3-11(10)16)18-14-19-12-4-1-7(17)5-9(12)13(21)20-14/h1-6H,17H2,(H2,18,19,20,21). The van der Waals surface area contributed by atoms with Crippen LogP contribution in [0.3, 0.4) is 0 Å². The van der Waals surface area contributed by atoms with Gasteiger partial charge in [0.2, 0.25) is 5.95 Å². The van der Waals surface area contributed by atoms with E-state index in [1.807, 2.05) is 0 Å². The Bertz CT molecular complexity index is 894. The van der Waals surface area contributed by atoms with Gasteiger partial charge in [0.25, 0.3) is 5.56 Å². The summed E-state index contributed by atoms with van der Waals surface area (Å²) in [6.45, 7) is 0. The van der Waals surface area contributed by atoms with E-state index in [0.29, 0.717) is 26.8 Å². The van der Waals surface area contributed by atoms with Crippen molar-refractivity contribution in [3.8, 4) is 0 Å². The predicted octanol–water partition coefficient (Wildman–Crippen LogP) is 3.15. The Balaban J connectivity index is 2.03. The number of hydrogen-bond donors (Lipinski definition) is 3. The fourth-order valence-electron chi connectivity index (χ4n) is 1.93. The number of halogens is 2. The summed E-state index contributed by atoms with van der Waals surface area (Å²) in [6, 6.07) is 9.33. The number of nitrogens with zero attached hydrogens (tertiary/aromatic N) is 1. The van der Waals surface area contributed by atoms with Gasteiger partial charge >= 0.3 is 0 Å². The van der Waals surface area contributed by atoms with Crippen molar-refractivity contribution in [1.29, 1.82) is 0 Å². The number of benzene rings is 2. The highest BCUT2D eigenvalue weighted by molar-refractivity contribution is 9.10. The summed E-state index contributed by atoms with van der Waals surface area (Å²) in [7, 11) is 0. The van der Waals surface area contributed by atoms with Gasteiger partial charge in [0.05, 0.1) is 15.4 Å². The third-order valence-electron chi connectivity index (χ3n) is 2.91. The molecular weight excluding hydrogens is 339 g/mol. The number of fused-ring (bicyclic) bond motifs is 1. The molecule has 0 amide bonds. The first-order valence-corrected chi connectivity index (χ1v) is 6.84. The molecule has 0 aliphatic rings. The maximum Gasteiger partial charge on any atom is 0.260 e. The highest BCUT2D eigenvalue weighted by Gasteiger charge is 2.06. The quantitative estimate of drug-likeness (QED) is 0.621. The number of rotatable bonds is 2. The van der Waals surface area contributed by atoms with Gasteiger partial charge in [-0.25, -0.2) is 9.37 Å². The zero-order valence-electron chi connectivity index (χ0n) is 10.7. The summed E-state index contributed by atoms with van der Waals surface area (Å²) in [4.78, 5) is 18.9. The van der Waals surface area contributed by atoms with Gasteiger partial charge in [0.1, 0.15) is 5.82 Å². The van der Waals surface area contributed by atoms with Gasteiger partial charge < -0.3 is 11.1 Å². The summed E-state index contributed by atoms with van der Waals surface area (Å²) in [5.41, 5.74) is 6.97. The minimum Gasteiger partial charge on any atom is -0.399 e. The molecule has 5 nitrogen and oxygen atoms in total. The van der Waals surface area contributed by atoms with Crippen molar-refractivity contribution in [3.63, 3.8) is 0 Å². The molecule has 3 rings (SSSR count). The summed E-state index contributed by atoms with van der Waals surface area (Å²) in [5.74, 6) is -0.0910. The van der Waals surface area contributed by atoms with Gasteiger partial charge in [-0.15, -0.1) is 0 Å². The Morgan fingerprint density at radius 3 is 2.81 bits per heavy atom. The normalized spacial score (nSPS) is 10.8. The minimum atomic E-state index is -0.365. The second kappa shape index (κ2) is 5.17. The Hall–Kier alpha value is -2.41. The summed E-state index contributed by atoms with van der Waals surface area (Å²) >= 11 is 3.10. The van der Waals surface area contributed by atoms with Crippen molar-refractivity contribution >= 4 is 44.2 Å². The molecule has 0 bridgehead atoms. The van der Waals surface area contributed by atoms with E-state index in [1.165, 1.54) is 6.07 Å². The van der Waals surface area contributed by atoms with Crippen molar-refractivity contribution in [2.75, 3.05) is 11.1 Å². The Morgan fingerprint density at radius 1 is 1.24 bits per heavy atom. The molecular formula is C14H10BrFN4O. The third kappa shape index (κ3) is 2.73. The van der Waals surface area contributed by atoms with Crippen LogP contribution in [0.15, 0.2) is 45.7 Å². The highest BCUT2D eigenvalue weighted by atomic mass is 79.9. The van der Waals surface area contributed by atoms with Crippen LogP contribution in [0.1, 0.15) is 0 Å². The van der Waals surface area contributed by atoms with Crippen molar-refractivity contribution in [2.45, 2.75) is 0 Å². The highest BCUT2D eigenvalue weighted by Crippen LogP contribution is 2.22. The maximum atomic E-state index is 13.2. The lowest BCUT2D eigenvalue weighted by molar-refractivity contribution is 0.621. The number of nitrogen functional groups attached to an aromatic ring is 1. The van der Waals surface area contributed by atoms with Gasteiger partial charge in [-0.1, -0.05) is 0 Å². The average molecular weight is 349 g/mol. The van der Waals surface area contributed by atoms with E-state index >= 15 is 0 Å². The van der Waals surface area contributed by atoms with Crippen LogP contribution in [-0.4, -0.2) is 9.97 Å². The largest absolute Gasteiger partial charge is 0.399 e. The summed E-state index contributed by atoms with van der Waals surface area (Å²) in [6.07, 6.45) is 0. The zero-order valence-corrected chi connectivity index (χ0v) is 12.2. The van der Waals surface area contributed by atoms with Crippen LogP contribution in [0, 0.1) is 5.82 Å². The van der Waals surface area contributed by atoms with Crippen molar-refractivity contribution in [1.82, 2.24) is 9.97 Å². The summed E-state index contributed by atoms with van der Waals surface area (Å²) < 4.78 is 13.5. The maximum absolute atomic E-state index is 13.2. The molecule has 0 fully saturated rings. The molecule has 7 heteroatoms. The topological polar surface area (TPSA) is 83.8 Å². The molecule has 0 atom stereocenters. The van der Waals surface area contributed by atoms with Crippen LogP contribution < -0.4 is 16.6 Å². The lowest BCUT2D eigenvalue weighted by Gasteiger charge is -2.07. The first-order valence-electron chi connectivity index (χ1n) is 6.04. The second-order valence-electron chi connectivity index (χ2n) is 4.45. The smallest absolute Gasteiger partial charge is 0.260 e. The van der Waals surface area contributed by atoms with Crippen molar-refractivity contribution in [2.24, 2.45) is 0 Å². The van der Waals surface area contributed by atoms with Crippen LogP contribution in [0.5, 0.6) is 0 Å². The number of hydrogen-bond acceptors (Lipinski definition) is 4. The van der Waals surface area contributed by atoms with Gasteiger partial charge in [0.15, 0.2) is 0 Å². The first-order chi connectivity index (χ1) is 10.0. The number of aromatic nitrogens is 2. The Morgan fingerprint density at radius 2 is 2.05 bits per heavy atom. The zero-order chi connectivity index (χ0) is 15.0. The lowest BCUT2D eigenvalue weighted by Crippen LogP contribution is -2.11. The molecule has 106 valence electrons. The number of nitrogens with one attached hydrogen (secondary N) is 2. The molecule has 1 heterocycles. The molecule has 3 aromatic rings. The number of H-pyrrole nitrogens is 1. The van der Waals surface area contributed by atoms with Gasteiger partial charge in [0, 0.05) is 11.4 Å². The van der Waals surface area contributed by atoms with Crippen molar-refractivity contribution in [3.05, 3.63) is 57.0 Å². The third-order valence-corrected chi connectivity index (χ3v) is 3.52. The van der Waals surface area contributed by atoms with Crippen LogP contribution in [0.25, 0.3) is 10.9 Å². The molecule has 0 saturated carbocycles. The van der Waals surface area contributed by atoms with Crippen molar-refractivity contribution < 1.29 is 4.39 Å². The van der Waals surface area contributed by atoms with E-state index in [4.69, 9.17) is 5.73 Å². The molecule has 0 unspecified atom stereocenters. The molecule has 0 aliphatic heterocycles. The fraction of sp³-hybridized carbons (Fsp3) is 0. The molecule has 4 N–H and O–H groups in total. The van der Waals surface area contributed by atoms with E-state index < -0.39 is 0 Å². The van der Waals surface area contributed by atoms with Gasteiger partial charge in [-0.05, 0) is 52.3 Å². The Labute approximate surface area is 127 Å². The fourth-order valence-corrected chi connectivity index (χ4v) is 2.30. The minimum absolute atomic E-state index is 0.274. The predicted molar refractivity (Wildman–Crippen MR) is 84.2 cm³/mol. The first kappa shape index (κ1) is 13.6. The molecule has 21 heavy (non-hydrogen) atoms. The number of aromatic amines is 1. The molecule has 0 spiro atoms. The SMILES string of the molecule is Nc1ccc2nc(Nc3ccc(F)c(Br)c3)[nH]c(=O)c2c1. The molecule has 2 aromatic carbocycles. The van der Waals surface area contributed by atoms with Gasteiger partial charge in [-0.3, -0.25) is 9.78 Å². The Kier molecular flexibility index (Phi) is 3.34. The van der Waals surface area contributed by atoms with E-state index in [2.05, 4.69) is 31.2 Å². The lowest BCUT2D eigenvalue weighted by atomic mass is 10.2. The summed E-state index contributed by atoms with van der Waals surface area (Å²) in [5, 5.41) is 3.34. The second-order valence-corrected chi connectivity index (χ2v) is 5.30. The van der Waals surface area contributed by atoms with E-state index in [9.17, 15) is 9.18 Å². The van der Waals surface area contributed by atoms with Crippen LogP contribution in [-0.2, 0) is 0 Å². The van der Waals surface area contributed by atoms with Gasteiger partial charge in [-0.2, -0.15) is 0 Å².